The fourth-order valence-electron chi connectivity index (χ4n) is 7.85. The van der Waals surface area contributed by atoms with Crippen LogP contribution in [0.15, 0.2) is 133 Å². The monoisotopic (exact) mass is 880 g/mol. The number of carboxylic acids is 1. The molecule has 2 heterocycles. The van der Waals surface area contributed by atoms with Gasteiger partial charge in [0, 0.05) is 30.5 Å². The van der Waals surface area contributed by atoms with Crippen LogP contribution in [-0.2, 0) is 46.6 Å². The number of hydrogen-bond donors (Lipinski definition) is 3. The summed E-state index contributed by atoms with van der Waals surface area (Å²) in [7, 11) is 1.16. The Kier molecular flexibility index (Phi) is 12.3. The Labute approximate surface area is 370 Å². The Morgan fingerprint density at radius 1 is 0.892 bits per heavy atom. The third-order valence-electron chi connectivity index (χ3n) is 11.3. The molecule has 65 heavy (non-hydrogen) atoms. The van der Waals surface area contributed by atoms with Gasteiger partial charge in [-0.1, -0.05) is 72.8 Å². The number of rotatable bonds is 12. The number of anilines is 1. The van der Waals surface area contributed by atoms with E-state index in [2.05, 4.69) is 16.7 Å². The number of halogens is 3. The van der Waals surface area contributed by atoms with Gasteiger partial charge in [-0.15, -0.1) is 0 Å². The normalized spacial score (nSPS) is 15.8. The highest BCUT2D eigenvalue weighted by atomic mass is 19.4. The molecular formula is C50H39F3N4O8. The molecule has 0 saturated carbocycles. The van der Waals surface area contributed by atoms with Crippen molar-refractivity contribution in [3.8, 4) is 34.4 Å². The van der Waals surface area contributed by atoms with Gasteiger partial charge < -0.3 is 34.9 Å². The van der Waals surface area contributed by atoms with Gasteiger partial charge in [-0.2, -0.15) is 18.4 Å². The molecule has 0 saturated heterocycles. The average Bonchev–Trinajstić information content (AvgIpc) is 3.32. The zero-order chi connectivity index (χ0) is 45.8. The maximum Gasteiger partial charge on any atom is 0.419 e. The maximum atomic E-state index is 14.2. The predicted molar refractivity (Wildman–Crippen MR) is 231 cm³/mol. The van der Waals surface area contributed by atoms with E-state index in [9.17, 15) is 37.5 Å². The van der Waals surface area contributed by atoms with Crippen molar-refractivity contribution in [1.82, 2.24) is 10.2 Å². The molecule has 6 aromatic carbocycles. The minimum Gasteiger partial charge on any atom is -0.496 e. The molecule has 3 N–H and O–H groups in total. The molecule has 2 aliphatic rings. The van der Waals surface area contributed by atoms with Gasteiger partial charge in [0.15, 0.2) is 0 Å². The molecule has 8 rings (SSSR count). The van der Waals surface area contributed by atoms with Crippen LogP contribution in [0.25, 0.3) is 11.1 Å². The smallest absolute Gasteiger partial charge is 0.419 e. The Balaban J connectivity index is 0.979. The van der Waals surface area contributed by atoms with Crippen LogP contribution in [0, 0.1) is 11.3 Å². The number of nitriles is 1. The van der Waals surface area contributed by atoms with Crippen LogP contribution < -0.4 is 24.8 Å². The fourth-order valence-corrected chi connectivity index (χ4v) is 7.85. The van der Waals surface area contributed by atoms with Crippen LogP contribution in [0.1, 0.15) is 55.4 Å². The molecule has 0 spiro atoms. The number of fused-ring (bicyclic) bond motifs is 2. The van der Waals surface area contributed by atoms with E-state index >= 15 is 0 Å². The molecule has 2 aliphatic heterocycles. The van der Waals surface area contributed by atoms with Crippen molar-refractivity contribution in [2.75, 3.05) is 12.4 Å². The van der Waals surface area contributed by atoms with Crippen molar-refractivity contribution in [1.29, 1.82) is 5.26 Å². The SMILES string of the molecule is COc1ccc(COc2ccc(C3Oc4cc5c(cc4NC3=O)CC(C(=O)N[C@@H](Cc3ccc(-c4ccc(C#N)cc4)cc3)C(=O)O)N(C(=O)c3ccccc3)C5)cc2)cc1C(F)(F)F. The molecule has 2 unspecified atom stereocenters. The lowest BCUT2D eigenvalue weighted by Gasteiger charge is -2.37. The minimum absolute atomic E-state index is 0.00739. The number of ether oxygens (including phenoxy) is 3. The van der Waals surface area contributed by atoms with E-state index in [-0.39, 0.29) is 37.3 Å². The van der Waals surface area contributed by atoms with Gasteiger partial charge in [-0.25, -0.2) is 4.79 Å². The number of amides is 3. The highest BCUT2D eigenvalue weighted by Gasteiger charge is 2.39. The summed E-state index contributed by atoms with van der Waals surface area (Å²) in [6.45, 7) is -0.190. The topological polar surface area (TPSA) is 167 Å². The lowest BCUT2D eigenvalue weighted by Crippen LogP contribution is -2.56. The second-order valence-electron chi connectivity index (χ2n) is 15.5. The van der Waals surface area contributed by atoms with E-state index < -0.39 is 53.6 Å². The third kappa shape index (κ3) is 9.62. The number of benzene rings is 6. The van der Waals surface area contributed by atoms with Gasteiger partial charge in [0.25, 0.3) is 11.8 Å². The predicted octanol–water partition coefficient (Wildman–Crippen LogP) is 8.28. The summed E-state index contributed by atoms with van der Waals surface area (Å²) in [5.41, 5.74) is 4.73. The standard InChI is InChI=1S/C50H39F3N4O8/c1-63-43-20-11-31(21-39(43)50(51,52)53)28-64-38-18-16-34(17-19-38)45-47(59)55-40-23-36-24-42(57(27-37(36)25-44(40)65-45)48(60)35-5-3-2-4-6-35)46(58)56-41(49(61)62)22-29-7-12-32(13-8-29)33-14-9-30(26-54)10-15-33/h2-21,23,25,41-42,45H,22,24,27-28H2,1H3,(H,55,59)(H,56,58)(H,61,62)/t41-,42?,45?/m0/s1. The molecule has 0 aromatic heterocycles. The number of nitrogens with zero attached hydrogens (tertiary/aromatic N) is 2. The number of carbonyl (C=O) groups is 4. The second kappa shape index (κ2) is 18.3. The molecule has 6 aromatic rings. The molecule has 3 amide bonds. The minimum atomic E-state index is -4.61. The average molecular weight is 881 g/mol. The molecule has 12 nitrogen and oxygen atoms in total. The maximum absolute atomic E-state index is 14.2. The Morgan fingerprint density at radius 2 is 1.57 bits per heavy atom. The molecular weight excluding hydrogens is 842 g/mol. The first-order valence-corrected chi connectivity index (χ1v) is 20.4. The quantitative estimate of drug-likeness (QED) is 0.110. The first-order chi connectivity index (χ1) is 31.3. The van der Waals surface area contributed by atoms with Crippen LogP contribution >= 0.6 is 0 Å². The Bertz CT molecular complexity index is 2810. The van der Waals surface area contributed by atoms with Gasteiger partial charge in [-0.05, 0) is 94.0 Å². The largest absolute Gasteiger partial charge is 0.496 e. The lowest BCUT2D eigenvalue weighted by molar-refractivity contribution is -0.142. The number of carbonyl (C=O) groups excluding carboxylic acids is 3. The van der Waals surface area contributed by atoms with Gasteiger partial charge >= 0.3 is 12.1 Å². The fraction of sp³-hybridized carbons (Fsp3) is 0.180. The molecule has 15 heteroatoms. The third-order valence-corrected chi connectivity index (χ3v) is 11.3. The molecule has 328 valence electrons. The van der Waals surface area contributed by atoms with E-state index in [1.807, 2.05) is 24.3 Å². The van der Waals surface area contributed by atoms with E-state index in [0.717, 1.165) is 24.3 Å². The number of aliphatic carboxylic acids is 1. The summed E-state index contributed by atoms with van der Waals surface area (Å²) in [4.78, 5) is 55.7. The summed E-state index contributed by atoms with van der Waals surface area (Å²) >= 11 is 0. The summed E-state index contributed by atoms with van der Waals surface area (Å²) in [6.07, 6.45) is -5.73. The van der Waals surface area contributed by atoms with Crippen LogP contribution in [0.3, 0.4) is 0 Å². The zero-order valence-corrected chi connectivity index (χ0v) is 34.6. The number of carboxylic acid groups (broad SMARTS) is 1. The molecule has 0 aliphatic carbocycles. The lowest BCUT2D eigenvalue weighted by atomic mass is 9.91. The van der Waals surface area contributed by atoms with Crippen LogP contribution in [0.2, 0.25) is 0 Å². The number of alkyl halides is 3. The van der Waals surface area contributed by atoms with Crippen LogP contribution in [0.5, 0.6) is 17.2 Å². The summed E-state index contributed by atoms with van der Waals surface area (Å²) in [5.74, 6) is -2.48. The number of hydrogen-bond acceptors (Lipinski definition) is 8. The second-order valence-corrected chi connectivity index (χ2v) is 15.5. The zero-order valence-electron chi connectivity index (χ0n) is 34.6. The van der Waals surface area contributed by atoms with Gasteiger partial charge in [0.05, 0.1) is 30.0 Å². The van der Waals surface area contributed by atoms with Crippen molar-refractivity contribution in [2.45, 2.75) is 50.4 Å². The van der Waals surface area contributed by atoms with Crippen molar-refractivity contribution in [3.63, 3.8) is 0 Å². The first kappa shape index (κ1) is 43.5. The van der Waals surface area contributed by atoms with Crippen LogP contribution in [-0.4, -0.2) is 52.9 Å². The molecule has 0 bridgehead atoms. The van der Waals surface area contributed by atoms with Gasteiger partial charge in [0.1, 0.15) is 35.9 Å². The Hall–Kier alpha value is -8.12. The summed E-state index contributed by atoms with van der Waals surface area (Å²) < 4.78 is 57.4. The van der Waals surface area contributed by atoms with E-state index in [1.165, 1.54) is 17.0 Å². The highest BCUT2D eigenvalue weighted by Crippen LogP contribution is 2.41. The van der Waals surface area contributed by atoms with E-state index in [0.29, 0.717) is 50.6 Å². The van der Waals surface area contributed by atoms with Crippen molar-refractivity contribution in [3.05, 3.63) is 178 Å². The Morgan fingerprint density at radius 3 is 2.22 bits per heavy atom. The number of nitrogens with one attached hydrogen (secondary N) is 2. The van der Waals surface area contributed by atoms with E-state index in [1.54, 1.807) is 91.0 Å². The van der Waals surface area contributed by atoms with Crippen molar-refractivity contribution >= 4 is 29.4 Å². The molecule has 0 radical (unpaired) electrons. The first-order valence-electron chi connectivity index (χ1n) is 20.4. The molecule has 0 fully saturated rings. The van der Waals surface area contributed by atoms with Crippen molar-refractivity contribution in [2.24, 2.45) is 0 Å². The summed E-state index contributed by atoms with van der Waals surface area (Å²) in [5, 5.41) is 24.9. The van der Waals surface area contributed by atoms with Crippen LogP contribution in [0.4, 0.5) is 18.9 Å². The van der Waals surface area contributed by atoms with E-state index in [4.69, 9.17) is 19.5 Å². The molecule has 3 atom stereocenters. The number of methoxy groups -OCH3 is 1. The van der Waals surface area contributed by atoms with Gasteiger partial charge in [-0.3, -0.25) is 14.4 Å². The highest BCUT2D eigenvalue weighted by molar-refractivity contribution is 6.00. The summed E-state index contributed by atoms with van der Waals surface area (Å²) in [6, 6.07) is 35.8. The van der Waals surface area contributed by atoms with Gasteiger partial charge in [0.2, 0.25) is 12.0 Å². The van der Waals surface area contributed by atoms with Crippen molar-refractivity contribution < 1.29 is 51.7 Å².